The third-order valence-corrected chi connectivity index (χ3v) is 6.52. The monoisotopic (exact) mass is 356 g/mol. The molecule has 0 aliphatic carbocycles. The van der Waals surface area contributed by atoms with Crippen LogP contribution in [0.25, 0.3) is 11.0 Å². The number of nitrogens with zero attached hydrogens (tertiary/aromatic N) is 2. The number of benzene rings is 2. The van der Waals surface area contributed by atoms with E-state index in [1.807, 2.05) is 18.2 Å². The van der Waals surface area contributed by atoms with E-state index in [1.165, 1.54) is 6.26 Å². The number of anilines is 1. The summed E-state index contributed by atoms with van der Waals surface area (Å²) in [6, 6.07) is 14.2. The summed E-state index contributed by atoms with van der Waals surface area (Å²) in [5.74, 6) is 0. The van der Waals surface area contributed by atoms with Gasteiger partial charge in [0.25, 0.3) is 0 Å². The van der Waals surface area contributed by atoms with Crippen LogP contribution in [0.4, 0.5) is 5.69 Å². The van der Waals surface area contributed by atoms with Crippen molar-refractivity contribution >= 4 is 26.5 Å². The Labute approximate surface area is 147 Å². The van der Waals surface area contributed by atoms with Gasteiger partial charge in [0.1, 0.15) is 11.2 Å². The second kappa shape index (κ2) is 6.20. The first-order valence-electron chi connectivity index (χ1n) is 8.31. The molecule has 5 nitrogen and oxygen atoms in total. The number of rotatable bonds is 3. The Morgan fingerprint density at radius 2 is 1.64 bits per heavy atom. The molecule has 6 heteroatoms. The molecule has 0 radical (unpaired) electrons. The van der Waals surface area contributed by atoms with Crippen molar-refractivity contribution in [3.05, 3.63) is 54.8 Å². The summed E-state index contributed by atoms with van der Waals surface area (Å²) >= 11 is 0. The number of hydrogen-bond acceptors (Lipinski definition) is 5. The lowest BCUT2D eigenvalue weighted by atomic mass is 10.2. The molecule has 0 bridgehead atoms. The van der Waals surface area contributed by atoms with E-state index >= 15 is 0 Å². The van der Waals surface area contributed by atoms with Gasteiger partial charge < -0.3 is 14.2 Å². The minimum Gasteiger partial charge on any atom is -0.461 e. The van der Waals surface area contributed by atoms with Gasteiger partial charge in [-0.1, -0.05) is 24.3 Å². The SMILES string of the molecule is CN1CCN(c2cccc3c(S(=O)(=O)c4ccccc4)coc23)CC1. The Balaban J connectivity index is 1.80. The molecule has 1 aliphatic heterocycles. The lowest BCUT2D eigenvalue weighted by Gasteiger charge is -2.33. The maximum absolute atomic E-state index is 13.0. The van der Waals surface area contributed by atoms with Crippen molar-refractivity contribution in [1.29, 1.82) is 0 Å². The average Bonchev–Trinajstić information content (AvgIpc) is 3.08. The van der Waals surface area contributed by atoms with E-state index in [9.17, 15) is 8.42 Å². The summed E-state index contributed by atoms with van der Waals surface area (Å²) in [5, 5.41) is 0.639. The van der Waals surface area contributed by atoms with Crippen molar-refractivity contribution in [2.75, 3.05) is 38.1 Å². The molecule has 1 fully saturated rings. The highest BCUT2D eigenvalue weighted by atomic mass is 32.2. The van der Waals surface area contributed by atoms with Gasteiger partial charge in [0.15, 0.2) is 5.58 Å². The molecule has 0 amide bonds. The lowest BCUT2D eigenvalue weighted by molar-refractivity contribution is 0.313. The van der Waals surface area contributed by atoms with Gasteiger partial charge in [-0.3, -0.25) is 0 Å². The zero-order valence-electron chi connectivity index (χ0n) is 14.1. The first-order chi connectivity index (χ1) is 12.1. The van der Waals surface area contributed by atoms with Gasteiger partial charge in [-0.05, 0) is 31.3 Å². The van der Waals surface area contributed by atoms with Crippen LogP contribution in [-0.4, -0.2) is 46.5 Å². The maximum Gasteiger partial charge on any atom is 0.210 e. The minimum absolute atomic E-state index is 0.227. The lowest BCUT2D eigenvalue weighted by Crippen LogP contribution is -2.44. The van der Waals surface area contributed by atoms with E-state index in [-0.39, 0.29) is 9.79 Å². The molecule has 4 rings (SSSR count). The normalized spacial score (nSPS) is 16.4. The topological polar surface area (TPSA) is 53.8 Å². The van der Waals surface area contributed by atoms with Gasteiger partial charge in [0, 0.05) is 31.6 Å². The van der Waals surface area contributed by atoms with E-state index in [4.69, 9.17) is 4.42 Å². The van der Waals surface area contributed by atoms with Gasteiger partial charge in [0.05, 0.1) is 10.6 Å². The van der Waals surface area contributed by atoms with Crippen LogP contribution < -0.4 is 4.90 Å². The highest BCUT2D eigenvalue weighted by Crippen LogP contribution is 2.35. The molecule has 2 aromatic carbocycles. The Morgan fingerprint density at radius 1 is 0.920 bits per heavy atom. The molecule has 1 aromatic heterocycles. The highest BCUT2D eigenvalue weighted by molar-refractivity contribution is 7.91. The largest absolute Gasteiger partial charge is 0.461 e. The van der Waals surface area contributed by atoms with Crippen LogP contribution in [0.3, 0.4) is 0 Å². The van der Waals surface area contributed by atoms with E-state index in [1.54, 1.807) is 30.3 Å². The van der Waals surface area contributed by atoms with Crippen LogP contribution in [0.5, 0.6) is 0 Å². The van der Waals surface area contributed by atoms with Crippen LogP contribution in [0.2, 0.25) is 0 Å². The molecule has 0 unspecified atom stereocenters. The third kappa shape index (κ3) is 2.81. The number of fused-ring (bicyclic) bond motifs is 1. The van der Waals surface area contributed by atoms with Crippen molar-refractivity contribution in [2.24, 2.45) is 0 Å². The standard InChI is InChI=1S/C19H20N2O3S/c1-20-10-12-21(13-11-20)17-9-5-8-16-18(14-24-19(16)17)25(22,23)15-6-3-2-4-7-15/h2-9,14H,10-13H2,1H3. The van der Waals surface area contributed by atoms with Crippen molar-refractivity contribution in [1.82, 2.24) is 4.90 Å². The minimum atomic E-state index is -3.60. The summed E-state index contributed by atoms with van der Waals surface area (Å²) in [4.78, 5) is 5.04. The van der Waals surface area contributed by atoms with E-state index in [2.05, 4.69) is 16.8 Å². The molecule has 1 saturated heterocycles. The molecule has 25 heavy (non-hydrogen) atoms. The molecule has 0 atom stereocenters. The average molecular weight is 356 g/mol. The van der Waals surface area contributed by atoms with Crippen LogP contribution >= 0.6 is 0 Å². The molecule has 2 heterocycles. The fraction of sp³-hybridized carbons (Fsp3) is 0.263. The van der Waals surface area contributed by atoms with E-state index in [0.29, 0.717) is 11.0 Å². The van der Waals surface area contributed by atoms with Crippen LogP contribution in [-0.2, 0) is 9.84 Å². The summed E-state index contributed by atoms with van der Waals surface area (Å²) in [5.41, 5.74) is 1.60. The summed E-state index contributed by atoms with van der Waals surface area (Å²) in [7, 11) is -1.49. The van der Waals surface area contributed by atoms with Gasteiger partial charge in [-0.25, -0.2) is 8.42 Å². The first-order valence-corrected chi connectivity index (χ1v) is 9.79. The van der Waals surface area contributed by atoms with Crippen molar-refractivity contribution < 1.29 is 12.8 Å². The number of likely N-dealkylation sites (N-methyl/N-ethyl adjacent to an activating group) is 1. The maximum atomic E-state index is 13.0. The Bertz CT molecular complexity index is 988. The van der Waals surface area contributed by atoms with Crippen molar-refractivity contribution in [3.8, 4) is 0 Å². The zero-order chi connectivity index (χ0) is 17.4. The number of furan rings is 1. The van der Waals surface area contributed by atoms with Gasteiger partial charge in [-0.2, -0.15) is 0 Å². The number of hydrogen-bond donors (Lipinski definition) is 0. The molecule has 0 spiro atoms. The predicted molar refractivity (Wildman–Crippen MR) is 97.8 cm³/mol. The second-order valence-corrected chi connectivity index (χ2v) is 8.28. The van der Waals surface area contributed by atoms with Crippen molar-refractivity contribution in [2.45, 2.75) is 9.79 Å². The van der Waals surface area contributed by atoms with E-state index < -0.39 is 9.84 Å². The highest BCUT2D eigenvalue weighted by Gasteiger charge is 2.25. The number of sulfone groups is 1. The number of para-hydroxylation sites is 1. The van der Waals surface area contributed by atoms with Gasteiger partial charge >= 0.3 is 0 Å². The fourth-order valence-electron chi connectivity index (χ4n) is 3.25. The Morgan fingerprint density at radius 3 is 2.36 bits per heavy atom. The molecule has 1 aliphatic rings. The van der Waals surface area contributed by atoms with Crippen LogP contribution in [0.1, 0.15) is 0 Å². The molecular weight excluding hydrogens is 336 g/mol. The summed E-state index contributed by atoms with van der Waals surface area (Å²) < 4.78 is 31.7. The molecule has 3 aromatic rings. The van der Waals surface area contributed by atoms with Crippen LogP contribution in [0, 0.1) is 0 Å². The molecule has 0 saturated carbocycles. The number of piperazine rings is 1. The van der Waals surface area contributed by atoms with E-state index in [0.717, 1.165) is 31.9 Å². The van der Waals surface area contributed by atoms with Gasteiger partial charge in [0.2, 0.25) is 9.84 Å². The first kappa shape index (κ1) is 16.2. The summed E-state index contributed by atoms with van der Waals surface area (Å²) in [6.45, 7) is 3.76. The predicted octanol–water partition coefficient (Wildman–Crippen LogP) is 3.02. The van der Waals surface area contributed by atoms with Crippen LogP contribution in [0.15, 0.2) is 69.0 Å². The van der Waals surface area contributed by atoms with Crippen molar-refractivity contribution in [3.63, 3.8) is 0 Å². The molecule has 0 N–H and O–H groups in total. The fourth-order valence-corrected chi connectivity index (χ4v) is 4.64. The summed E-state index contributed by atoms with van der Waals surface area (Å²) in [6.07, 6.45) is 1.37. The van der Waals surface area contributed by atoms with Gasteiger partial charge in [-0.15, -0.1) is 0 Å². The Kier molecular flexibility index (Phi) is 4.01. The Hall–Kier alpha value is -2.31. The zero-order valence-corrected chi connectivity index (χ0v) is 14.9. The second-order valence-electron chi connectivity index (χ2n) is 6.36. The third-order valence-electron chi connectivity index (χ3n) is 4.73. The quantitative estimate of drug-likeness (QED) is 0.722. The molecular formula is C19H20N2O3S. The molecule has 130 valence electrons. The smallest absolute Gasteiger partial charge is 0.210 e.